The van der Waals surface area contributed by atoms with Crippen molar-refractivity contribution in [3.05, 3.63) is 89.1 Å². The molecule has 0 unspecified atom stereocenters. The van der Waals surface area contributed by atoms with Crippen LogP contribution in [0.5, 0.6) is 28.9 Å². The van der Waals surface area contributed by atoms with Crippen LogP contribution < -0.4 is 29.6 Å². The van der Waals surface area contributed by atoms with Crippen LogP contribution in [0, 0.1) is 0 Å². The monoisotopic (exact) mass is 522 g/mol. The van der Waals surface area contributed by atoms with Gasteiger partial charge in [0, 0.05) is 23.9 Å². The standard InChI is InChI=1S/C27H23ClN2O7/c1-33-18-14-22(34-2)25(23(15-18)35-3)30-27(32)21-12-13-24(37-21)36-17-10-8-16(9-11-17)29-26(31)19-6-4-5-7-20(19)28/h4-15H,1-3H3,(H,29,31)(H,30,32). The van der Waals surface area contributed by atoms with Crippen molar-refractivity contribution in [2.75, 3.05) is 32.0 Å². The van der Waals surface area contributed by atoms with Gasteiger partial charge in [0.15, 0.2) is 5.76 Å². The molecule has 0 aliphatic rings. The molecule has 2 N–H and O–H groups in total. The van der Waals surface area contributed by atoms with Gasteiger partial charge in [0.05, 0.1) is 31.9 Å². The maximum Gasteiger partial charge on any atom is 0.291 e. The van der Waals surface area contributed by atoms with E-state index >= 15 is 0 Å². The molecule has 0 atom stereocenters. The number of amides is 2. The van der Waals surface area contributed by atoms with E-state index < -0.39 is 5.91 Å². The first-order valence-corrected chi connectivity index (χ1v) is 11.3. The predicted molar refractivity (Wildman–Crippen MR) is 139 cm³/mol. The summed E-state index contributed by atoms with van der Waals surface area (Å²) in [6, 6.07) is 19.7. The Hall–Kier alpha value is -4.63. The molecule has 0 fully saturated rings. The third kappa shape index (κ3) is 5.96. The van der Waals surface area contributed by atoms with Crippen molar-refractivity contribution in [2.24, 2.45) is 0 Å². The summed E-state index contributed by atoms with van der Waals surface area (Å²) in [4.78, 5) is 25.2. The summed E-state index contributed by atoms with van der Waals surface area (Å²) in [5.74, 6) is 0.916. The van der Waals surface area contributed by atoms with Crippen LogP contribution in [0.15, 0.2) is 77.2 Å². The van der Waals surface area contributed by atoms with Gasteiger partial charge in [-0.15, -0.1) is 0 Å². The molecule has 4 aromatic rings. The number of methoxy groups -OCH3 is 3. The van der Waals surface area contributed by atoms with Crippen molar-refractivity contribution in [3.63, 3.8) is 0 Å². The Morgan fingerprint density at radius 1 is 0.757 bits per heavy atom. The highest BCUT2D eigenvalue weighted by Crippen LogP contribution is 2.39. The highest BCUT2D eigenvalue weighted by atomic mass is 35.5. The molecule has 190 valence electrons. The van der Waals surface area contributed by atoms with Crippen LogP contribution in [0.2, 0.25) is 5.02 Å². The fourth-order valence-corrected chi connectivity index (χ4v) is 3.59. The number of ether oxygens (including phenoxy) is 4. The summed E-state index contributed by atoms with van der Waals surface area (Å²) < 4.78 is 27.2. The number of furan rings is 1. The van der Waals surface area contributed by atoms with Gasteiger partial charge < -0.3 is 34.0 Å². The lowest BCUT2D eigenvalue weighted by atomic mass is 10.2. The second kappa shape index (κ2) is 11.4. The van der Waals surface area contributed by atoms with Crippen LogP contribution >= 0.6 is 11.6 Å². The molecule has 3 aromatic carbocycles. The van der Waals surface area contributed by atoms with E-state index in [9.17, 15) is 9.59 Å². The molecule has 0 bridgehead atoms. The second-order valence-corrected chi connectivity index (χ2v) is 7.95. The summed E-state index contributed by atoms with van der Waals surface area (Å²) in [7, 11) is 4.45. The van der Waals surface area contributed by atoms with Crippen molar-refractivity contribution in [2.45, 2.75) is 0 Å². The van der Waals surface area contributed by atoms with E-state index in [2.05, 4.69) is 10.6 Å². The summed E-state index contributed by atoms with van der Waals surface area (Å²) in [5, 5.41) is 5.86. The maximum absolute atomic E-state index is 12.8. The molecule has 10 heteroatoms. The molecule has 0 radical (unpaired) electrons. The van der Waals surface area contributed by atoms with Crippen LogP contribution in [-0.2, 0) is 0 Å². The zero-order valence-electron chi connectivity index (χ0n) is 20.2. The number of rotatable bonds is 9. The lowest BCUT2D eigenvalue weighted by Crippen LogP contribution is -2.13. The Morgan fingerprint density at radius 3 is 2.05 bits per heavy atom. The molecule has 1 aromatic heterocycles. The molecule has 0 saturated heterocycles. The van der Waals surface area contributed by atoms with E-state index in [0.717, 1.165) is 0 Å². The SMILES string of the molecule is COc1cc(OC)c(NC(=O)c2ccc(Oc3ccc(NC(=O)c4ccccc4Cl)cc3)o2)c(OC)c1. The Morgan fingerprint density at radius 2 is 1.43 bits per heavy atom. The van der Waals surface area contributed by atoms with Crippen LogP contribution in [0.25, 0.3) is 0 Å². The van der Waals surface area contributed by atoms with Gasteiger partial charge in [0.25, 0.3) is 17.8 Å². The first kappa shape index (κ1) is 25.5. The first-order chi connectivity index (χ1) is 17.9. The average molecular weight is 523 g/mol. The first-order valence-electron chi connectivity index (χ1n) is 11.0. The van der Waals surface area contributed by atoms with Gasteiger partial charge in [0.1, 0.15) is 28.7 Å². The van der Waals surface area contributed by atoms with Crippen molar-refractivity contribution in [1.29, 1.82) is 0 Å². The number of carbonyl (C=O) groups is 2. The third-order valence-electron chi connectivity index (χ3n) is 5.21. The molecule has 0 saturated carbocycles. The second-order valence-electron chi connectivity index (χ2n) is 7.54. The van der Waals surface area contributed by atoms with Crippen LogP contribution in [-0.4, -0.2) is 33.1 Å². The molecule has 37 heavy (non-hydrogen) atoms. The molecule has 2 amide bonds. The number of benzene rings is 3. The summed E-state index contributed by atoms with van der Waals surface area (Å²) in [6.07, 6.45) is 0. The van der Waals surface area contributed by atoms with Crippen LogP contribution in [0.3, 0.4) is 0 Å². The lowest BCUT2D eigenvalue weighted by Gasteiger charge is -2.15. The number of carbonyl (C=O) groups excluding carboxylic acids is 2. The van der Waals surface area contributed by atoms with Crippen LogP contribution in [0.4, 0.5) is 11.4 Å². The van der Waals surface area contributed by atoms with Crippen molar-refractivity contribution >= 4 is 34.8 Å². The molecule has 4 rings (SSSR count). The average Bonchev–Trinajstić information content (AvgIpc) is 3.38. The summed E-state index contributed by atoms with van der Waals surface area (Å²) in [5.41, 5.74) is 1.25. The number of nitrogens with one attached hydrogen (secondary N) is 2. The topological polar surface area (TPSA) is 108 Å². The van der Waals surface area contributed by atoms with Crippen LogP contribution in [0.1, 0.15) is 20.9 Å². The van der Waals surface area contributed by atoms with Gasteiger partial charge in [-0.2, -0.15) is 0 Å². The van der Waals surface area contributed by atoms with Gasteiger partial charge >= 0.3 is 0 Å². The third-order valence-corrected chi connectivity index (χ3v) is 5.54. The Kier molecular flexibility index (Phi) is 7.85. The van der Waals surface area contributed by atoms with Gasteiger partial charge in [-0.05, 0) is 42.5 Å². The Bertz CT molecular complexity index is 1390. The molecule has 1 heterocycles. The van der Waals surface area contributed by atoms with Crippen molar-refractivity contribution in [1.82, 2.24) is 0 Å². The fraction of sp³-hybridized carbons (Fsp3) is 0.111. The fourth-order valence-electron chi connectivity index (χ4n) is 3.37. The van der Waals surface area contributed by atoms with E-state index in [4.69, 9.17) is 35.0 Å². The quantitative estimate of drug-likeness (QED) is 0.267. The zero-order chi connectivity index (χ0) is 26.4. The molecular formula is C27H23ClN2O7. The predicted octanol–water partition coefficient (Wildman–Crippen LogP) is 6.26. The molecule has 0 aliphatic heterocycles. The Balaban J connectivity index is 1.41. The molecule has 9 nitrogen and oxygen atoms in total. The Labute approximate surface area is 217 Å². The largest absolute Gasteiger partial charge is 0.496 e. The normalized spacial score (nSPS) is 10.4. The maximum atomic E-state index is 12.8. The van der Waals surface area contributed by atoms with Gasteiger partial charge in [-0.1, -0.05) is 23.7 Å². The highest BCUT2D eigenvalue weighted by Gasteiger charge is 2.19. The minimum absolute atomic E-state index is 0.0125. The number of hydrogen-bond donors (Lipinski definition) is 2. The molecular weight excluding hydrogens is 500 g/mol. The summed E-state index contributed by atoms with van der Waals surface area (Å²) in [6.45, 7) is 0. The van der Waals surface area contributed by atoms with Crippen molar-refractivity contribution in [3.8, 4) is 28.9 Å². The van der Waals surface area contributed by atoms with Crippen molar-refractivity contribution < 1.29 is 33.0 Å². The van der Waals surface area contributed by atoms with Gasteiger partial charge in [-0.25, -0.2) is 0 Å². The summed E-state index contributed by atoms with van der Waals surface area (Å²) >= 11 is 6.08. The van der Waals surface area contributed by atoms with E-state index in [0.29, 0.717) is 45.0 Å². The number of anilines is 2. The van der Waals surface area contributed by atoms with E-state index in [1.807, 2.05) is 0 Å². The van der Waals surface area contributed by atoms with E-state index in [-0.39, 0.29) is 17.6 Å². The number of hydrogen-bond acceptors (Lipinski definition) is 7. The molecule has 0 spiro atoms. The minimum Gasteiger partial charge on any atom is -0.496 e. The molecule has 0 aliphatic carbocycles. The zero-order valence-corrected chi connectivity index (χ0v) is 20.9. The lowest BCUT2D eigenvalue weighted by molar-refractivity contribution is 0.0989. The smallest absolute Gasteiger partial charge is 0.291 e. The van der Waals surface area contributed by atoms with Gasteiger partial charge in [-0.3, -0.25) is 9.59 Å². The highest BCUT2D eigenvalue weighted by molar-refractivity contribution is 6.34. The minimum atomic E-state index is -0.533. The van der Waals surface area contributed by atoms with Gasteiger partial charge in [0.2, 0.25) is 0 Å². The number of halogens is 1. The van der Waals surface area contributed by atoms with E-state index in [1.165, 1.54) is 33.5 Å². The van der Waals surface area contributed by atoms with E-state index in [1.54, 1.807) is 60.7 Å².